The lowest BCUT2D eigenvalue weighted by molar-refractivity contribution is 0.882. The van der Waals surface area contributed by atoms with Crippen LogP contribution in [0, 0.1) is 0 Å². The van der Waals surface area contributed by atoms with Crippen molar-refractivity contribution in [3.63, 3.8) is 0 Å². The first-order valence-electron chi connectivity index (χ1n) is 6.32. The number of nitrogens with one attached hydrogen (secondary N) is 1. The molecular weight excluding hydrogens is 338 g/mol. The second kappa shape index (κ2) is 6.46. The Morgan fingerprint density at radius 2 is 2.00 bits per heavy atom. The van der Waals surface area contributed by atoms with Crippen molar-refractivity contribution in [3.8, 4) is 0 Å². The predicted octanol–water partition coefficient (Wildman–Crippen LogP) is 4.74. The Bertz CT molecular complexity index is 584. The summed E-state index contributed by atoms with van der Waals surface area (Å²) in [7, 11) is 3.94. The summed E-state index contributed by atoms with van der Waals surface area (Å²) in [4.78, 5) is 6.36. The highest BCUT2D eigenvalue weighted by Gasteiger charge is 2.10. The molecule has 0 aliphatic heterocycles. The van der Waals surface area contributed by atoms with Crippen molar-refractivity contribution in [2.24, 2.45) is 0 Å². The van der Waals surface area contributed by atoms with E-state index >= 15 is 0 Å². The van der Waals surface area contributed by atoms with Gasteiger partial charge in [-0.1, -0.05) is 33.6 Å². The third-order valence-electron chi connectivity index (χ3n) is 3.02. The van der Waals surface area contributed by atoms with E-state index < -0.39 is 0 Å². The van der Waals surface area contributed by atoms with E-state index in [-0.39, 0.29) is 6.04 Å². The Morgan fingerprint density at radius 3 is 2.55 bits per heavy atom. The monoisotopic (exact) mass is 353 g/mol. The molecule has 1 heterocycles. The molecule has 1 unspecified atom stereocenters. The molecule has 0 bridgehead atoms. The van der Waals surface area contributed by atoms with E-state index in [0.29, 0.717) is 0 Å². The van der Waals surface area contributed by atoms with Crippen molar-refractivity contribution < 1.29 is 0 Å². The third-order valence-corrected chi connectivity index (χ3v) is 3.84. The number of rotatable bonds is 4. The van der Waals surface area contributed by atoms with Crippen LogP contribution in [-0.4, -0.2) is 19.1 Å². The van der Waals surface area contributed by atoms with Crippen LogP contribution in [0.4, 0.5) is 11.5 Å². The third kappa shape index (κ3) is 3.64. The van der Waals surface area contributed by atoms with Gasteiger partial charge in [0.1, 0.15) is 5.82 Å². The summed E-state index contributed by atoms with van der Waals surface area (Å²) < 4.78 is 0.982. The molecule has 0 saturated carbocycles. The fraction of sp³-hybridized carbons (Fsp3) is 0.267. The summed E-state index contributed by atoms with van der Waals surface area (Å²) in [6.45, 7) is 2.08. The zero-order valence-corrected chi connectivity index (χ0v) is 14.0. The van der Waals surface area contributed by atoms with E-state index in [2.05, 4.69) is 33.2 Å². The van der Waals surface area contributed by atoms with Gasteiger partial charge in [-0.15, -0.1) is 0 Å². The standard InChI is InChI=1S/C15H17BrClN3/c1-10(13-6-4-11(16)8-14(13)17)19-12-5-7-15(18-9-12)20(2)3/h4-10,19H,1-3H3. The van der Waals surface area contributed by atoms with Crippen molar-refractivity contribution >= 4 is 39.0 Å². The number of hydrogen-bond acceptors (Lipinski definition) is 3. The van der Waals surface area contributed by atoms with Gasteiger partial charge in [0.05, 0.1) is 17.9 Å². The van der Waals surface area contributed by atoms with Crippen molar-refractivity contribution in [3.05, 3.63) is 51.6 Å². The van der Waals surface area contributed by atoms with Crippen molar-refractivity contribution in [2.45, 2.75) is 13.0 Å². The molecule has 2 aromatic rings. The van der Waals surface area contributed by atoms with Gasteiger partial charge in [0.2, 0.25) is 0 Å². The molecule has 0 aliphatic rings. The summed E-state index contributed by atoms with van der Waals surface area (Å²) >= 11 is 9.68. The summed E-state index contributed by atoms with van der Waals surface area (Å²) in [6.07, 6.45) is 1.83. The molecule has 1 aromatic carbocycles. The molecule has 1 N–H and O–H groups in total. The lowest BCUT2D eigenvalue weighted by atomic mass is 10.1. The molecule has 0 fully saturated rings. The number of benzene rings is 1. The van der Waals surface area contributed by atoms with E-state index in [1.54, 1.807) is 0 Å². The smallest absolute Gasteiger partial charge is 0.128 e. The minimum absolute atomic E-state index is 0.114. The first kappa shape index (κ1) is 15.1. The maximum absolute atomic E-state index is 6.27. The van der Waals surface area contributed by atoms with E-state index in [1.807, 2.05) is 55.5 Å². The maximum atomic E-state index is 6.27. The molecular formula is C15H17BrClN3. The predicted molar refractivity (Wildman–Crippen MR) is 89.8 cm³/mol. The van der Waals surface area contributed by atoms with E-state index in [4.69, 9.17) is 11.6 Å². The zero-order valence-electron chi connectivity index (χ0n) is 11.7. The summed E-state index contributed by atoms with van der Waals surface area (Å²) in [5.41, 5.74) is 2.04. The first-order chi connectivity index (χ1) is 9.47. The quantitative estimate of drug-likeness (QED) is 0.860. The van der Waals surface area contributed by atoms with Crippen molar-refractivity contribution in [1.29, 1.82) is 0 Å². The van der Waals surface area contributed by atoms with Crippen LogP contribution in [0.5, 0.6) is 0 Å². The van der Waals surface area contributed by atoms with Crippen molar-refractivity contribution in [2.75, 3.05) is 24.3 Å². The van der Waals surface area contributed by atoms with Gasteiger partial charge in [-0.2, -0.15) is 0 Å². The molecule has 0 amide bonds. The SMILES string of the molecule is CC(Nc1ccc(N(C)C)nc1)c1ccc(Br)cc1Cl. The highest BCUT2D eigenvalue weighted by atomic mass is 79.9. The second-order valence-corrected chi connectivity index (χ2v) is 6.15. The Kier molecular flexibility index (Phi) is 4.89. The van der Waals surface area contributed by atoms with Gasteiger partial charge in [-0.25, -0.2) is 4.98 Å². The second-order valence-electron chi connectivity index (χ2n) is 4.83. The normalized spacial score (nSPS) is 12.1. The molecule has 0 spiro atoms. The Balaban J connectivity index is 2.12. The summed E-state index contributed by atoms with van der Waals surface area (Å²) in [5, 5.41) is 4.15. The number of anilines is 2. The molecule has 20 heavy (non-hydrogen) atoms. The number of pyridine rings is 1. The van der Waals surface area contributed by atoms with Gasteiger partial charge in [0.15, 0.2) is 0 Å². The van der Waals surface area contributed by atoms with Gasteiger partial charge in [-0.3, -0.25) is 0 Å². The lowest BCUT2D eigenvalue weighted by Gasteiger charge is -2.18. The topological polar surface area (TPSA) is 28.2 Å². The first-order valence-corrected chi connectivity index (χ1v) is 7.49. The average molecular weight is 355 g/mol. The molecule has 0 aliphatic carbocycles. The average Bonchev–Trinajstić information content (AvgIpc) is 2.39. The Hall–Kier alpha value is -1.26. The van der Waals surface area contributed by atoms with Gasteiger partial charge in [0, 0.05) is 23.6 Å². The number of nitrogens with zero attached hydrogens (tertiary/aromatic N) is 2. The van der Waals surface area contributed by atoms with Gasteiger partial charge < -0.3 is 10.2 Å². The van der Waals surface area contributed by atoms with Crippen LogP contribution >= 0.6 is 27.5 Å². The molecule has 106 valence electrons. The molecule has 1 aromatic heterocycles. The molecule has 0 radical (unpaired) electrons. The summed E-state index contributed by atoms with van der Waals surface area (Å²) in [5.74, 6) is 0.935. The van der Waals surface area contributed by atoms with Gasteiger partial charge in [0.25, 0.3) is 0 Å². The minimum atomic E-state index is 0.114. The highest BCUT2D eigenvalue weighted by molar-refractivity contribution is 9.10. The molecule has 2 rings (SSSR count). The van der Waals surface area contributed by atoms with Crippen LogP contribution in [-0.2, 0) is 0 Å². The van der Waals surface area contributed by atoms with Crippen LogP contribution in [0.2, 0.25) is 5.02 Å². The van der Waals surface area contributed by atoms with Crippen LogP contribution in [0.3, 0.4) is 0 Å². The van der Waals surface area contributed by atoms with Crippen LogP contribution < -0.4 is 10.2 Å². The van der Waals surface area contributed by atoms with E-state index in [0.717, 1.165) is 26.6 Å². The Morgan fingerprint density at radius 1 is 1.25 bits per heavy atom. The fourth-order valence-electron chi connectivity index (χ4n) is 1.92. The number of halogens is 2. The zero-order chi connectivity index (χ0) is 14.7. The molecule has 3 nitrogen and oxygen atoms in total. The van der Waals surface area contributed by atoms with Crippen LogP contribution in [0.1, 0.15) is 18.5 Å². The van der Waals surface area contributed by atoms with Gasteiger partial charge in [-0.05, 0) is 36.8 Å². The van der Waals surface area contributed by atoms with Crippen LogP contribution in [0.25, 0.3) is 0 Å². The van der Waals surface area contributed by atoms with Crippen LogP contribution in [0.15, 0.2) is 41.0 Å². The number of hydrogen-bond donors (Lipinski definition) is 1. The number of aromatic nitrogens is 1. The molecule has 0 saturated heterocycles. The highest BCUT2D eigenvalue weighted by Crippen LogP contribution is 2.28. The lowest BCUT2D eigenvalue weighted by Crippen LogP contribution is -2.11. The maximum Gasteiger partial charge on any atom is 0.128 e. The van der Waals surface area contributed by atoms with Crippen molar-refractivity contribution in [1.82, 2.24) is 4.98 Å². The largest absolute Gasteiger partial charge is 0.377 e. The van der Waals surface area contributed by atoms with E-state index in [9.17, 15) is 0 Å². The van der Waals surface area contributed by atoms with Gasteiger partial charge >= 0.3 is 0 Å². The fourth-order valence-corrected chi connectivity index (χ4v) is 2.75. The minimum Gasteiger partial charge on any atom is -0.377 e. The Labute approximate surface area is 133 Å². The van der Waals surface area contributed by atoms with E-state index in [1.165, 1.54) is 0 Å². The molecule has 5 heteroatoms. The molecule has 1 atom stereocenters. The summed E-state index contributed by atoms with van der Waals surface area (Å²) in [6, 6.07) is 10.0.